The second-order valence-corrected chi connectivity index (χ2v) is 5.83. The van der Waals surface area contributed by atoms with Crippen LogP contribution in [0.3, 0.4) is 0 Å². The van der Waals surface area contributed by atoms with Gasteiger partial charge < -0.3 is 9.84 Å². The molecule has 1 N–H and O–H groups in total. The molecule has 4 heteroatoms. The van der Waals surface area contributed by atoms with Gasteiger partial charge in [0.1, 0.15) is 11.9 Å². The Morgan fingerprint density at radius 3 is 2.79 bits per heavy atom. The van der Waals surface area contributed by atoms with E-state index in [1.165, 1.54) is 0 Å². The highest BCUT2D eigenvalue weighted by atomic mass is 79.9. The first-order valence-corrected chi connectivity index (χ1v) is 7.21. The Hall–Kier alpha value is -1.03. The SMILES string of the molecule is O[C@@H]1CC(c2ccc(Br)c(Cl)c2)Oc2ccccc21. The van der Waals surface area contributed by atoms with Crippen molar-refractivity contribution in [1.82, 2.24) is 0 Å². The number of hydrogen-bond acceptors (Lipinski definition) is 2. The van der Waals surface area contributed by atoms with Crippen molar-refractivity contribution < 1.29 is 9.84 Å². The summed E-state index contributed by atoms with van der Waals surface area (Å²) in [6.07, 6.45) is -0.137. The lowest BCUT2D eigenvalue weighted by Gasteiger charge is -2.30. The highest BCUT2D eigenvalue weighted by molar-refractivity contribution is 9.10. The average Bonchev–Trinajstić information content (AvgIpc) is 2.42. The van der Waals surface area contributed by atoms with Crippen molar-refractivity contribution >= 4 is 27.5 Å². The summed E-state index contributed by atoms with van der Waals surface area (Å²) in [7, 11) is 0. The molecule has 0 amide bonds. The van der Waals surface area contributed by atoms with Gasteiger partial charge in [0.25, 0.3) is 0 Å². The normalized spacial score (nSPS) is 21.6. The monoisotopic (exact) mass is 338 g/mol. The zero-order valence-electron chi connectivity index (χ0n) is 10.0. The highest BCUT2D eigenvalue weighted by Gasteiger charge is 2.27. The molecule has 0 bridgehead atoms. The predicted octanol–water partition coefficient (Wildman–Crippen LogP) is 4.66. The smallest absolute Gasteiger partial charge is 0.127 e. The van der Waals surface area contributed by atoms with Gasteiger partial charge in [-0.15, -0.1) is 0 Å². The quantitative estimate of drug-likeness (QED) is 0.819. The molecule has 98 valence electrons. The number of para-hydroxylation sites is 1. The molecule has 1 aliphatic heterocycles. The van der Waals surface area contributed by atoms with Crippen molar-refractivity contribution in [3.63, 3.8) is 0 Å². The van der Waals surface area contributed by atoms with Gasteiger partial charge in [0.05, 0.1) is 11.1 Å². The third-order valence-corrected chi connectivity index (χ3v) is 4.53. The molecule has 1 heterocycles. The van der Waals surface area contributed by atoms with Crippen LogP contribution in [0.2, 0.25) is 5.02 Å². The van der Waals surface area contributed by atoms with Crippen LogP contribution in [0.5, 0.6) is 5.75 Å². The third kappa shape index (κ3) is 2.50. The summed E-state index contributed by atoms with van der Waals surface area (Å²) >= 11 is 9.47. The lowest BCUT2D eigenvalue weighted by molar-refractivity contribution is 0.0657. The molecule has 0 spiro atoms. The van der Waals surface area contributed by atoms with Gasteiger partial charge in [0.15, 0.2) is 0 Å². The van der Waals surface area contributed by atoms with E-state index in [9.17, 15) is 5.11 Å². The minimum atomic E-state index is -0.502. The molecule has 19 heavy (non-hydrogen) atoms. The van der Waals surface area contributed by atoms with Crippen LogP contribution in [-0.4, -0.2) is 5.11 Å². The van der Waals surface area contributed by atoms with Crippen molar-refractivity contribution in [3.8, 4) is 5.75 Å². The number of rotatable bonds is 1. The zero-order valence-corrected chi connectivity index (χ0v) is 12.4. The van der Waals surface area contributed by atoms with Crippen molar-refractivity contribution in [2.45, 2.75) is 18.6 Å². The predicted molar refractivity (Wildman–Crippen MR) is 78.5 cm³/mol. The maximum Gasteiger partial charge on any atom is 0.127 e. The summed E-state index contributed by atoms with van der Waals surface area (Å²) in [5, 5.41) is 10.8. The van der Waals surface area contributed by atoms with Crippen LogP contribution in [0.25, 0.3) is 0 Å². The van der Waals surface area contributed by atoms with Crippen LogP contribution in [0.1, 0.15) is 29.8 Å². The van der Waals surface area contributed by atoms with Crippen LogP contribution >= 0.6 is 27.5 Å². The Kier molecular flexibility index (Phi) is 3.52. The summed E-state index contributed by atoms with van der Waals surface area (Å²) < 4.78 is 6.81. The first-order chi connectivity index (χ1) is 9.15. The molecular weight excluding hydrogens is 328 g/mol. The van der Waals surface area contributed by atoms with Gasteiger partial charge in [-0.3, -0.25) is 0 Å². The average molecular weight is 340 g/mol. The van der Waals surface area contributed by atoms with E-state index in [1.807, 2.05) is 42.5 Å². The van der Waals surface area contributed by atoms with Gasteiger partial charge in [0, 0.05) is 16.5 Å². The lowest BCUT2D eigenvalue weighted by Crippen LogP contribution is -2.18. The summed E-state index contributed by atoms with van der Waals surface area (Å²) in [5.41, 5.74) is 1.82. The van der Waals surface area contributed by atoms with Crippen LogP contribution in [0, 0.1) is 0 Å². The fraction of sp³-hybridized carbons (Fsp3) is 0.200. The molecule has 0 radical (unpaired) electrons. The van der Waals surface area contributed by atoms with Crippen molar-refractivity contribution in [2.24, 2.45) is 0 Å². The molecular formula is C15H12BrClO2. The molecule has 2 aromatic carbocycles. The van der Waals surface area contributed by atoms with E-state index in [2.05, 4.69) is 15.9 Å². The van der Waals surface area contributed by atoms with Crippen LogP contribution in [-0.2, 0) is 0 Å². The number of benzene rings is 2. The van der Waals surface area contributed by atoms with Gasteiger partial charge in [-0.1, -0.05) is 35.9 Å². The molecule has 2 nitrogen and oxygen atoms in total. The second-order valence-electron chi connectivity index (χ2n) is 4.57. The molecule has 0 saturated heterocycles. The fourth-order valence-corrected chi connectivity index (χ4v) is 2.75. The molecule has 0 fully saturated rings. The van der Waals surface area contributed by atoms with Gasteiger partial charge in [0.2, 0.25) is 0 Å². The van der Waals surface area contributed by atoms with E-state index in [0.29, 0.717) is 11.4 Å². The lowest BCUT2D eigenvalue weighted by atomic mass is 9.95. The molecule has 2 aromatic rings. The zero-order chi connectivity index (χ0) is 13.4. The van der Waals surface area contributed by atoms with Crippen LogP contribution in [0.15, 0.2) is 46.9 Å². The van der Waals surface area contributed by atoms with Crippen molar-refractivity contribution in [1.29, 1.82) is 0 Å². The minimum absolute atomic E-state index is 0.171. The first-order valence-electron chi connectivity index (χ1n) is 6.04. The maximum atomic E-state index is 10.2. The third-order valence-electron chi connectivity index (χ3n) is 3.30. The summed E-state index contributed by atoms with van der Waals surface area (Å²) in [6, 6.07) is 13.3. The standard InChI is InChI=1S/C15H12BrClO2/c16-11-6-5-9(7-12(11)17)15-8-13(18)10-3-1-2-4-14(10)19-15/h1-7,13,15,18H,8H2/t13-,15?/m1/s1. The molecule has 0 aliphatic carbocycles. The molecule has 1 unspecified atom stereocenters. The van der Waals surface area contributed by atoms with E-state index >= 15 is 0 Å². The first kappa shape index (κ1) is 13.0. The van der Waals surface area contributed by atoms with Crippen LogP contribution in [0.4, 0.5) is 0 Å². The topological polar surface area (TPSA) is 29.5 Å². The molecule has 2 atom stereocenters. The number of ether oxygens (including phenoxy) is 1. The highest BCUT2D eigenvalue weighted by Crippen LogP contribution is 2.41. The van der Waals surface area contributed by atoms with Crippen molar-refractivity contribution in [3.05, 3.63) is 63.1 Å². The summed E-state index contributed by atoms with van der Waals surface area (Å²) in [5.74, 6) is 0.741. The number of hydrogen-bond donors (Lipinski definition) is 1. The Balaban J connectivity index is 1.94. The van der Waals surface area contributed by atoms with E-state index < -0.39 is 6.10 Å². The van der Waals surface area contributed by atoms with Gasteiger partial charge >= 0.3 is 0 Å². The summed E-state index contributed by atoms with van der Waals surface area (Å²) in [4.78, 5) is 0. The number of fused-ring (bicyclic) bond motifs is 1. The van der Waals surface area contributed by atoms with Gasteiger partial charge in [-0.05, 0) is 39.7 Å². The molecule has 1 aliphatic rings. The molecule has 0 aromatic heterocycles. The van der Waals surface area contributed by atoms with Crippen LogP contribution < -0.4 is 4.74 Å². The Labute approximate surface area is 125 Å². The minimum Gasteiger partial charge on any atom is -0.485 e. The molecule has 3 rings (SSSR count). The van der Waals surface area contributed by atoms with E-state index in [0.717, 1.165) is 21.3 Å². The van der Waals surface area contributed by atoms with Crippen molar-refractivity contribution in [2.75, 3.05) is 0 Å². The van der Waals surface area contributed by atoms with Gasteiger partial charge in [-0.2, -0.15) is 0 Å². The van der Waals surface area contributed by atoms with E-state index in [-0.39, 0.29) is 6.10 Å². The largest absolute Gasteiger partial charge is 0.485 e. The fourth-order valence-electron chi connectivity index (χ4n) is 2.31. The second kappa shape index (κ2) is 5.16. The molecule has 0 saturated carbocycles. The van der Waals surface area contributed by atoms with E-state index in [4.69, 9.17) is 16.3 Å². The number of aliphatic hydroxyl groups excluding tert-OH is 1. The number of aliphatic hydroxyl groups is 1. The Morgan fingerprint density at radius 2 is 2.00 bits per heavy atom. The number of halogens is 2. The Bertz CT molecular complexity index is 615. The van der Waals surface area contributed by atoms with Gasteiger partial charge in [-0.25, -0.2) is 0 Å². The summed E-state index contributed by atoms with van der Waals surface area (Å²) in [6.45, 7) is 0. The Morgan fingerprint density at radius 1 is 1.21 bits per heavy atom. The maximum absolute atomic E-state index is 10.2. The van der Waals surface area contributed by atoms with E-state index in [1.54, 1.807) is 0 Å².